The lowest BCUT2D eigenvalue weighted by atomic mass is 10.1. The Labute approximate surface area is 168 Å². The molecule has 1 amide bonds. The highest BCUT2D eigenvalue weighted by atomic mass is 32.2. The zero-order chi connectivity index (χ0) is 20.9. The summed E-state index contributed by atoms with van der Waals surface area (Å²) >= 11 is 0. The molecule has 0 spiro atoms. The number of hydrogen-bond acceptors (Lipinski definition) is 5. The van der Waals surface area contributed by atoms with Crippen LogP contribution in [0.1, 0.15) is 15.9 Å². The fraction of sp³-hybridized carbons (Fsp3) is 0.143. The summed E-state index contributed by atoms with van der Waals surface area (Å²) in [5, 5.41) is 9.40. The fourth-order valence-electron chi connectivity index (χ4n) is 2.86. The number of fused-ring (bicyclic) bond motifs is 1. The summed E-state index contributed by atoms with van der Waals surface area (Å²) in [5.41, 5.74) is 1.25. The number of primary sulfonamides is 1. The highest BCUT2D eigenvalue weighted by Gasteiger charge is 2.13. The highest BCUT2D eigenvalue weighted by molar-refractivity contribution is 7.89. The summed E-state index contributed by atoms with van der Waals surface area (Å²) in [6.07, 6.45) is 0.494. The molecule has 7 nitrogen and oxygen atoms in total. The third-order valence-corrected chi connectivity index (χ3v) is 5.26. The van der Waals surface area contributed by atoms with E-state index in [1.165, 1.54) is 12.1 Å². The number of nitrogens with two attached hydrogens (primary N) is 1. The average molecular weight is 412 g/mol. The summed E-state index contributed by atoms with van der Waals surface area (Å²) in [6, 6.07) is 18.9. The first-order chi connectivity index (χ1) is 13.8. The normalized spacial score (nSPS) is 11.2. The summed E-state index contributed by atoms with van der Waals surface area (Å²) in [4.78, 5) is 24.3. The molecule has 0 aliphatic heterocycles. The Morgan fingerprint density at radius 2 is 1.62 bits per heavy atom. The lowest BCUT2D eigenvalue weighted by molar-refractivity contribution is -0.124. The average Bonchev–Trinajstić information content (AvgIpc) is 2.71. The van der Waals surface area contributed by atoms with Crippen LogP contribution in [0.5, 0.6) is 0 Å². The van der Waals surface area contributed by atoms with E-state index in [4.69, 9.17) is 9.88 Å². The minimum Gasteiger partial charge on any atom is -0.452 e. The van der Waals surface area contributed by atoms with Crippen LogP contribution in [0.25, 0.3) is 10.8 Å². The smallest absolute Gasteiger partial charge is 0.339 e. The molecular formula is C21H20N2O5S. The lowest BCUT2D eigenvalue weighted by Crippen LogP contribution is -2.30. The summed E-state index contributed by atoms with van der Waals surface area (Å²) in [5.74, 6) is -0.977. The Bertz CT molecular complexity index is 1140. The van der Waals surface area contributed by atoms with Crippen LogP contribution in [-0.4, -0.2) is 33.4 Å². The van der Waals surface area contributed by atoms with Crippen molar-refractivity contribution in [3.63, 3.8) is 0 Å². The molecule has 0 radical (unpaired) electrons. The van der Waals surface area contributed by atoms with Gasteiger partial charge in [-0.1, -0.05) is 48.5 Å². The Kier molecular flexibility index (Phi) is 6.26. The first-order valence-corrected chi connectivity index (χ1v) is 10.4. The van der Waals surface area contributed by atoms with Crippen LogP contribution < -0.4 is 10.5 Å². The molecule has 0 bridgehead atoms. The van der Waals surface area contributed by atoms with Crippen LogP contribution in [0.4, 0.5) is 0 Å². The van der Waals surface area contributed by atoms with Crippen LogP contribution in [-0.2, 0) is 26.0 Å². The largest absolute Gasteiger partial charge is 0.452 e. The monoisotopic (exact) mass is 412 g/mol. The van der Waals surface area contributed by atoms with Gasteiger partial charge in [0.15, 0.2) is 6.61 Å². The second-order valence-corrected chi connectivity index (χ2v) is 7.95. The Hall–Kier alpha value is -3.23. The first kappa shape index (κ1) is 20.5. The molecule has 0 saturated carbocycles. The molecule has 0 fully saturated rings. The Morgan fingerprint density at radius 1 is 0.931 bits per heavy atom. The minimum atomic E-state index is -3.72. The molecule has 0 aliphatic rings. The molecule has 8 heteroatoms. The minimum absolute atomic E-state index is 0.0330. The van der Waals surface area contributed by atoms with Crippen LogP contribution in [0, 0.1) is 0 Å². The standard InChI is InChI=1S/C21H20N2O5S/c22-29(26,27)17-10-8-15(9-11-17)12-13-23-20(24)14-28-21(25)19-7-3-5-16-4-1-2-6-18(16)19/h1-11H,12-14H2,(H,23,24)(H2,22,26,27). The second-order valence-electron chi connectivity index (χ2n) is 6.39. The molecule has 0 aromatic heterocycles. The van der Waals surface area contributed by atoms with Gasteiger partial charge in [0, 0.05) is 6.54 Å². The number of carbonyl (C=O) groups excluding carboxylic acids is 2. The van der Waals surface area contributed by atoms with Crippen LogP contribution in [0.15, 0.2) is 71.6 Å². The van der Waals surface area contributed by atoms with Gasteiger partial charge in [0.2, 0.25) is 10.0 Å². The molecule has 29 heavy (non-hydrogen) atoms. The van der Waals surface area contributed by atoms with Gasteiger partial charge >= 0.3 is 5.97 Å². The van der Waals surface area contributed by atoms with Crippen molar-refractivity contribution in [1.29, 1.82) is 0 Å². The van der Waals surface area contributed by atoms with Crippen molar-refractivity contribution in [2.75, 3.05) is 13.2 Å². The molecule has 0 saturated heterocycles. The number of hydrogen-bond donors (Lipinski definition) is 2. The van der Waals surface area contributed by atoms with Crippen molar-refractivity contribution in [1.82, 2.24) is 5.32 Å². The van der Waals surface area contributed by atoms with E-state index in [1.807, 2.05) is 30.3 Å². The van der Waals surface area contributed by atoms with E-state index in [-0.39, 0.29) is 11.5 Å². The van der Waals surface area contributed by atoms with Crippen molar-refractivity contribution >= 4 is 32.7 Å². The molecular weight excluding hydrogens is 392 g/mol. The van der Waals surface area contributed by atoms with Gasteiger partial charge in [0.1, 0.15) is 0 Å². The van der Waals surface area contributed by atoms with Crippen LogP contribution in [0.2, 0.25) is 0 Å². The summed E-state index contributed by atoms with van der Waals surface area (Å²) in [7, 11) is -3.72. The van der Waals surface area contributed by atoms with Crippen molar-refractivity contribution in [2.24, 2.45) is 5.14 Å². The number of nitrogens with one attached hydrogen (secondary N) is 1. The van der Waals surface area contributed by atoms with Crippen LogP contribution >= 0.6 is 0 Å². The number of sulfonamides is 1. The van der Waals surface area contributed by atoms with Crippen molar-refractivity contribution in [3.05, 3.63) is 77.9 Å². The number of rotatable bonds is 7. The molecule has 150 valence electrons. The maximum absolute atomic E-state index is 12.3. The molecule has 0 heterocycles. The molecule has 3 aromatic rings. The number of benzene rings is 3. The van der Waals surface area contributed by atoms with E-state index in [2.05, 4.69) is 5.32 Å². The molecule has 0 atom stereocenters. The first-order valence-electron chi connectivity index (χ1n) is 8.88. The van der Waals surface area contributed by atoms with Crippen molar-refractivity contribution in [2.45, 2.75) is 11.3 Å². The third-order valence-electron chi connectivity index (χ3n) is 4.33. The maximum atomic E-state index is 12.3. The van der Waals surface area contributed by atoms with E-state index < -0.39 is 21.9 Å². The van der Waals surface area contributed by atoms with Gasteiger partial charge in [-0.05, 0) is 41.0 Å². The predicted molar refractivity (Wildman–Crippen MR) is 109 cm³/mol. The number of esters is 1. The molecule has 0 unspecified atom stereocenters. The van der Waals surface area contributed by atoms with Gasteiger partial charge in [0.05, 0.1) is 10.5 Å². The summed E-state index contributed by atoms with van der Waals surface area (Å²) < 4.78 is 27.6. The zero-order valence-corrected chi connectivity index (χ0v) is 16.3. The number of amides is 1. The van der Waals surface area contributed by atoms with E-state index in [1.54, 1.807) is 24.3 Å². The van der Waals surface area contributed by atoms with E-state index in [0.29, 0.717) is 18.5 Å². The van der Waals surface area contributed by atoms with Crippen molar-refractivity contribution < 1.29 is 22.7 Å². The second kappa shape index (κ2) is 8.85. The van der Waals surface area contributed by atoms with Crippen LogP contribution in [0.3, 0.4) is 0 Å². The van der Waals surface area contributed by atoms with Gasteiger partial charge < -0.3 is 10.1 Å². The van der Waals surface area contributed by atoms with Gasteiger partial charge in [-0.3, -0.25) is 4.79 Å². The van der Waals surface area contributed by atoms with Crippen molar-refractivity contribution in [3.8, 4) is 0 Å². The third kappa shape index (κ3) is 5.40. The quantitative estimate of drug-likeness (QED) is 0.576. The SMILES string of the molecule is NS(=O)(=O)c1ccc(CCNC(=O)COC(=O)c2cccc3ccccc23)cc1. The van der Waals surface area contributed by atoms with E-state index in [9.17, 15) is 18.0 Å². The molecule has 3 N–H and O–H groups in total. The zero-order valence-electron chi connectivity index (χ0n) is 15.5. The maximum Gasteiger partial charge on any atom is 0.339 e. The Balaban J connectivity index is 1.48. The van der Waals surface area contributed by atoms with E-state index >= 15 is 0 Å². The molecule has 3 rings (SSSR count). The molecule has 0 aliphatic carbocycles. The highest BCUT2D eigenvalue weighted by Crippen LogP contribution is 2.19. The van der Waals surface area contributed by atoms with Gasteiger partial charge in [0.25, 0.3) is 5.91 Å². The fourth-order valence-corrected chi connectivity index (χ4v) is 3.37. The molecule has 3 aromatic carbocycles. The number of ether oxygens (including phenoxy) is 1. The van der Waals surface area contributed by atoms with E-state index in [0.717, 1.165) is 16.3 Å². The van der Waals surface area contributed by atoms with Gasteiger partial charge in [-0.2, -0.15) is 0 Å². The van der Waals surface area contributed by atoms with Gasteiger partial charge in [-0.25, -0.2) is 18.4 Å². The van der Waals surface area contributed by atoms with Gasteiger partial charge in [-0.15, -0.1) is 0 Å². The predicted octanol–water partition coefficient (Wildman–Crippen LogP) is 2.00. The summed E-state index contributed by atoms with van der Waals surface area (Å²) in [6.45, 7) is -0.0637. The Morgan fingerprint density at radius 3 is 2.34 bits per heavy atom. The number of carbonyl (C=O) groups is 2. The lowest BCUT2D eigenvalue weighted by Gasteiger charge is -2.09. The topological polar surface area (TPSA) is 116 Å².